The molecule has 6 rings (SSSR count). The number of hydrogen-bond acceptors (Lipinski definition) is 4. The van der Waals surface area contributed by atoms with Gasteiger partial charge in [-0.2, -0.15) is 0 Å². The van der Waals surface area contributed by atoms with Gasteiger partial charge >= 0.3 is 5.97 Å². The smallest absolute Gasteiger partial charge is 0.343 e. The van der Waals surface area contributed by atoms with E-state index in [1.165, 1.54) is 4.90 Å². The van der Waals surface area contributed by atoms with Crippen LogP contribution in [0.3, 0.4) is 0 Å². The number of allylic oxidation sites excluding steroid dienone is 2. The number of nitrogens with zero attached hydrogens (tertiary/aromatic N) is 1. The standard InChI is InChI=1S/C26H19NO4/c28-24-22-17-8-9-18(12-17)23(22)25(29)27(24)20-7-3-6-19(13-20)26(30)31-21-11-10-15-4-1-2-5-16(15)14-21/h1-11,13-14,17-18,22-23H,12H2/t17-,18+,22-,23-/m0/s1. The SMILES string of the molecule is O=C(Oc1ccc2ccccc2c1)c1cccc(N2C(=O)[C@@H]3[C@@H](C2=O)[C@H]2C=C[C@@H]3C2)c1. The van der Waals surface area contributed by atoms with Gasteiger partial charge in [-0.25, -0.2) is 9.69 Å². The van der Waals surface area contributed by atoms with Crippen molar-refractivity contribution in [3.05, 3.63) is 84.4 Å². The van der Waals surface area contributed by atoms with Crippen LogP contribution in [-0.2, 0) is 9.59 Å². The molecule has 3 aliphatic rings. The van der Waals surface area contributed by atoms with Crippen molar-refractivity contribution in [2.75, 3.05) is 4.90 Å². The summed E-state index contributed by atoms with van der Waals surface area (Å²) in [7, 11) is 0. The Labute approximate surface area is 178 Å². The molecule has 0 N–H and O–H groups in total. The molecule has 2 fully saturated rings. The van der Waals surface area contributed by atoms with Crippen LogP contribution in [0.15, 0.2) is 78.9 Å². The van der Waals surface area contributed by atoms with Crippen LogP contribution in [-0.4, -0.2) is 17.8 Å². The van der Waals surface area contributed by atoms with E-state index in [1.54, 1.807) is 30.3 Å². The Morgan fingerprint density at radius 2 is 1.52 bits per heavy atom. The number of carbonyl (C=O) groups is 3. The molecule has 2 amide bonds. The van der Waals surface area contributed by atoms with Gasteiger partial charge in [0.25, 0.3) is 0 Å². The lowest BCUT2D eigenvalue weighted by Gasteiger charge is -2.18. The first kappa shape index (κ1) is 18.1. The van der Waals surface area contributed by atoms with Gasteiger partial charge in [-0.3, -0.25) is 9.59 Å². The monoisotopic (exact) mass is 409 g/mol. The number of imide groups is 1. The van der Waals surface area contributed by atoms with Crippen LogP contribution < -0.4 is 9.64 Å². The lowest BCUT2D eigenvalue weighted by atomic mass is 9.85. The third-order valence-electron chi connectivity index (χ3n) is 6.74. The Morgan fingerprint density at radius 1 is 0.806 bits per heavy atom. The molecule has 2 aliphatic carbocycles. The summed E-state index contributed by atoms with van der Waals surface area (Å²) in [6, 6.07) is 19.9. The van der Waals surface area contributed by atoms with Crippen LogP contribution in [0.5, 0.6) is 5.75 Å². The van der Waals surface area contributed by atoms with E-state index < -0.39 is 5.97 Å². The van der Waals surface area contributed by atoms with Gasteiger partial charge in [0, 0.05) is 0 Å². The molecule has 4 atom stereocenters. The fraction of sp³-hybridized carbons (Fsp3) is 0.192. The molecule has 3 aromatic rings. The van der Waals surface area contributed by atoms with Gasteiger partial charge in [0.2, 0.25) is 11.8 Å². The molecule has 5 nitrogen and oxygen atoms in total. The summed E-state index contributed by atoms with van der Waals surface area (Å²) in [4.78, 5) is 40.1. The second-order valence-electron chi connectivity index (χ2n) is 8.46. The molecular weight excluding hydrogens is 390 g/mol. The molecule has 152 valence electrons. The van der Waals surface area contributed by atoms with E-state index in [0.29, 0.717) is 17.0 Å². The van der Waals surface area contributed by atoms with E-state index in [2.05, 4.69) is 12.2 Å². The molecule has 3 aromatic carbocycles. The highest BCUT2D eigenvalue weighted by molar-refractivity contribution is 6.23. The summed E-state index contributed by atoms with van der Waals surface area (Å²) in [6.07, 6.45) is 5.02. The van der Waals surface area contributed by atoms with Gasteiger partial charge < -0.3 is 4.74 Å². The second kappa shape index (κ2) is 6.64. The molecule has 1 saturated carbocycles. The number of ether oxygens (including phenoxy) is 1. The van der Waals surface area contributed by atoms with E-state index in [1.807, 2.05) is 36.4 Å². The summed E-state index contributed by atoms with van der Waals surface area (Å²) in [5.74, 6) is -0.641. The van der Waals surface area contributed by atoms with Crippen LogP contribution in [0.25, 0.3) is 10.8 Å². The predicted molar refractivity (Wildman–Crippen MR) is 116 cm³/mol. The fourth-order valence-electron chi connectivity index (χ4n) is 5.33. The highest BCUT2D eigenvalue weighted by atomic mass is 16.5. The van der Waals surface area contributed by atoms with Crippen LogP contribution in [0, 0.1) is 23.7 Å². The molecule has 1 heterocycles. The first-order valence-corrected chi connectivity index (χ1v) is 10.5. The average Bonchev–Trinajstić information content (AvgIpc) is 3.47. The fourth-order valence-corrected chi connectivity index (χ4v) is 5.33. The highest BCUT2D eigenvalue weighted by Gasteiger charge is 2.59. The third-order valence-corrected chi connectivity index (χ3v) is 6.74. The van der Waals surface area contributed by atoms with E-state index in [4.69, 9.17) is 4.74 Å². The summed E-state index contributed by atoms with van der Waals surface area (Å²) < 4.78 is 5.56. The molecular formula is C26H19NO4. The Morgan fingerprint density at radius 3 is 2.26 bits per heavy atom. The van der Waals surface area contributed by atoms with Crippen molar-refractivity contribution in [2.45, 2.75) is 6.42 Å². The minimum atomic E-state index is -0.529. The Bertz CT molecular complexity index is 1260. The average molecular weight is 409 g/mol. The number of hydrogen-bond donors (Lipinski definition) is 0. The zero-order valence-corrected chi connectivity index (χ0v) is 16.6. The number of rotatable bonds is 3. The zero-order valence-electron chi connectivity index (χ0n) is 16.6. The lowest BCUT2D eigenvalue weighted by Crippen LogP contribution is -2.33. The molecule has 5 heteroatoms. The second-order valence-corrected chi connectivity index (χ2v) is 8.46. The molecule has 0 aromatic heterocycles. The van der Waals surface area contributed by atoms with Gasteiger partial charge in [-0.1, -0.05) is 48.6 Å². The number of esters is 1. The predicted octanol–water partition coefficient (Wildman–Crippen LogP) is 4.37. The van der Waals surface area contributed by atoms with Crippen molar-refractivity contribution >= 4 is 34.2 Å². The van der Waals surface area contributed by atoms with Crippen molar-refractivity contribution in [2.24, 2.45) is 23.7 Å². The summed E-state index contributed by atoms with van der Waals surface area (Å²) in [5.41, 5.74) is 0.723. The van der Waals surface area contributed by atoms with Gasteiger partial charge in [0.1, 0.15) is 5.75 Å². The minimum absolute atomic E-state index is 0.150. The first-order valence-electron chi connectivity index (χ1n) is 10.5. The molecule has 0 radical (unpaired) electrons. The Kier molecular flexibility index (Phi) is 3.87. The number of benzene rings is 3. The normalized spacial score (nSPS) is 26.0. The van der Waals surface area contributed by atoms with Gasteiger partial charge in [-0.05, 0) is 59.4 Å². The number of fused-ring (bicyclic) bond motifs is 6. The number of amides is 2. The topological polar surface area (TPSA) is 63.7 Å². The van der Waals surface area contributed by atoms with Crippen LogP contribution in [0.2, 0.25) is 0 Å². The van der Waals surface area contributed by atoms with Gasteiger partial charge in [-0.15, -0.1) is 0 Å². The van der Waals surface area contributed by atoms with Crippen LogP contribution in [0.1, 0.15) is 16.8 Å². The van der Waals surface area contributed by atoms with E-state index in [0.717, 1.165) is 17.2 Å². The van der Waals surface area contributed by atoms with Crippen molar-refractivity contribution in [3.8, 4) is 5.75 Å². The largest absolute Gasteiger partial charge is 0.423 e. The van der Waals surface area contributed by atoms with E-state index >= 15 is 0 Å². The molecule has 31 heavy (non-hydrogen) atoms. The molecule has 0 spiro atoms. The Hall–Kier alpha value is -3.73. The zero-order chi connectivity index (χ0) is 21.1. The maximum absolute atomic E-state index is 13.0. The highest BCUT2D eigenvalue weighted by Crippen LogP contribution is 2.53. The van der Waals surface area contributed by atoms with Gasteiger partial charge in [0.15, 0.2) is 0 Å². The van der Waals surface area contributed by atoms with E-state index in [-0.39, 0.29) is 35.5 Å². The van der Waals surface area contributed by atoms with Crippen molar-refractivity contribution in [1.82, 2.24) is 0 Å². The summed E-state index contributed by atoms with van der Waals surface area (Å²) in [6.45, 7) is 0. The van der Waals surface area contributed by atoms with E-state index in [9.17, 15) is 14.4 Å². The quantitative estimate of drug-likeness (QED) is 0.279. The van der Waals surface area contributed by atoms with Crippen molar-refractivity contribution in [3.63, 3.8) is 0 Å². The maximum atomic E-state index is 13.0. The van der Waals surface area contributed by atoms with Crippen molar-refractivity contribution < 1.29 is 19.1 Å². The minimum Gasteiger partial charge on any atom is -0.423 e. The van der Waals surface area contributed by atoms with Crippen molar-refractivity contribution in [1.29, 1.82) is 0 Å². The number of anilines is 1. The molecule has 2 bridgehead atoms. The van der Waals surface area contributed by atoms with Crippen LogP contribution >= 0.6 is 0 Å². The molecule has 1 saturated heterocycles. The van der Waals surface area contributed by atoms with Crippen LogP contribution in [0.4, 0.5) is 5.69 Å². The van der Waals surface area contributed by atoms with Gasteiger partial charge in [0.05, 0.1) is 23.1 Å². The maximum Gasteiger partial charge on any atom is 0.343 e. The summed E-state index contributed by atoms with van der Waals surface area (Å²) >= 11 is 0. The lowest BCUT2D eigenvalue weighted by molar-refractivity contribution is -0.123. The Balaban J connectivity index is 1.26. The molecule has 0 unspecified atom stereocenters. The number of carbonyl (C=O) groups excluding carboxylic acids is 3. The third kappa shape index (κ3) is 2.73. The first-order chi connectivity index (χ1) is 15.1. The molecule has 1 aliphatic heterocycles. The summed E-state index contributed by atoms with van der Waals surface area (Å²) in [5, 5.41) is 2.04.